The van der Waals surface area contributed by atoms with E-state index >= 15 is 0 Å². The SMILES string of the molecule is Cc1cccc2c1Oc1c(cc3nc(-c4ccccc4)oc3c1C)N2. The number of fused-ring (bicyclic) bond motifs is 3. The average molecular weight is 328 g/mol. The summed E-state index contributed by atoms with van der Waals surface area (Å²) in [6, 6.07) is 18.0. The number of rotatable bonds is 1. The second-order valence-corrected chi connectivity index (χ2v) is 6.29. The molecular weight excluding hydrogens is 312 g/mol. The highest BCUT2D eigenvalue weighted by molar-refractivity contribution is 5.91. The summed E-state index contributed by atoms with van der Waals surface area (Å²) >= 11 is 0. The lowest BCUT2D eigenvalue weighted by molar-refractivity contribution is 0.473. The van der Waals surface area contributed by atoms with Gasteiger partial charge in [-0.2, -0.15) is 0 Å². The van der Waals surface area contributed by atoms with E-state index in [4.69, 9.17) is 9.15 Å². The molecule has 0 aliphatic carbocycles. The van der Waals surface area contributed by atoms with Crippen LogP contribution < -0.4 is 10.1 Å². The first kappa shape index (κ1) is 14.1. The van der Waals surface area contributed by atoms with Crippen LogP contribution >= 0.6 is 0 Å². The Bertz CT molecular complexity index is 1110. The Kier molecular flexibility index (Phi) is 2.88. The van der Waals surface area contributed by atoms with Gasteiger partial charge in [-0.05, 0) is 43.7 Å². The maximum atomic E-state index is 6.21. The number of hydrogen-bond donors (Lipinski definition) is 1. The molecule has 5 rings (SSSR count). The van der Waals surface area contributed by atoms with Crippen molar-refractivity contribution < 1.29 is 9.15 Å². The standard InChI is InChI=1S/C21H16N2O2/c1-12-7-6-10-15-18(12)24-19-13(2)20-17(11-16(19)22-15)23-21(25-20)14-8-4-3-5-9-14/h3-11,22H,1-2H3. The van der Waals surface area contributed by atoms with Crippen molar-refractivity contribution in [3.05, 3.63) is 65.7 Å². The van der Waals surface area contributed by atoms with Crippen LogP contribution in [0.5, 0.6) is 11.5 Å². The number of hydrogen-bond acceptors (Lipinski definition) is 4. The normalized spacial score (nSPS) is 12.2. The van der Waals surface area contributed by atoms with Gasteiger partial charge in [-0.25, -0.2) is 4.98 Å². The van der Waals surface area contributed by atoms with E-state index in [1.165, 1.54) is 0 Å². The maximum absolute atomic E-state index is 6.21. The molecule has 4 heteroatoms. The topological polar surface area (TPSA) is 47.3 Å². The molecule has 0 unspecified atom stereocenters. The molecule has 122 valence electrons. The van der Waals surface area contributed by atoms with Gasteiger partial charge >= 0.3 is 0 Å². The van der Waals surface area contributed by atoms with Crippen LogP contribution in [0.1, 0.15) is 11.1 Å². The van der Waals surface area contributed by atoms with Crippen LogP contribution in [0, 0.1) is 13.8 Å². The minimum atomic E-state index is 0.620. The predicted molar refractivity (Wildman–Crippen MR) is 98.7 cm³/mol. The van der Waals surface area contributed by atoms with E-state index in [0.29, 0.717) is 5.89 Å². The van der Waals surface area contributed by atoms with E-state index in [2.05, 4.69) is 10.3 Å². The number of oxazole rings is 1. The third-order valence-corrected chi connectivity index (χ3v) is 4.57. The van der Waals surface area contributed by atoms with Gasteiger partial charge in [0.15, 0.2) is 17.1 Å². The van der Waals surface area contributed by atoms with Gasteiger partial charge in [0.25, 0.3) is 0 Å². The number of aromatic nitrogens is 1. The van der Waals surface area contributed by atoms with Crippen molar-refractivity contribution in [2.45, 2.75) is 13.8 Å². The molecule has 1 N–H and O–H groups in total. The van der Waals surface area contributed by atoms with Crippen LogP contribution in [-0.4, -0.2) is 4.98 Å². The fourth-order valence-corrected chi connectivity index (χ4v) is 3.27. The van der Waals surface area contributed by atoms with Crippen molar-refractivity contribution in [1.82, 2.24) is 4.98 Å². The summed E-state index contributed by atoms with van der Waals surface area (Å²) in [6.45, 7) is 4.05. The van der Waals surface area contributed by atoms with Gasteiger partial charge in [0.05, 0.1) is 11.4 Å². The molecule has 0 saturated heterocycles. The Balaban J connectivity index is 1.69. The summed E-state index contributed by atoms with van der Waals surface area (Å²) in [5.41, 5.74) is 6.47. The van der Waals surface area contributed by atoms with Gasteiger partial charge < -0.3 is 14.5 Å². The Labute approximate surface area is 145 Å². The molecule has 25 heavy (non-hydrogen) atoms. The third kappa shape index (κ3) is 2.11. The number of benzene rings is 3. The monoisotopic (exact) mass is 328 g/mol. The molecule has 0 fully saturated rings. The van der Waals surface area contributed by atoms with Gasteiger partial charge in [-0.1, -0.05) is 30.3 Å². The number of aryl methyl sites for hydroxylation is 2. The number of nitrogens with one attached hydrogen (secondary N) is 1. The van der Waals surface area contributed by atoms with Gasteiger partial charge in [-0.3, -0.25) is 0 Å². The number of para-hydroxylation sites is 1. The van der Waals surface area contributed by atoms with Crippen molar-refractivity contribution in [2.75, 3.05) is 5.32 Å². The van der Waals surface area contributed by atoms with Crippen LogP contribution in [0.25, 0.3) is 22.6 Å². The molecule has 0 radical (unpaired) electrons. The molecule has 2 heterocycles. The molecule has 1 aliphatic heterocycles. The second-order valence-electron chi connectivity index (χ2n) is 6.29. The highest BCUT2D eigenvalue weighted by Gasteiger charge is 2.24. The lowest BCUT2D eigenvalue weighted by Gasteiger charge is -2.24. The highest BCUT2D eigenvalue weighted by Crippen LogP contribution is 2.47. The first-order valence-corrected chi connectivity index (χ1v) is 8.25. The smallest absolute Gasteiger partial charge is 0.227 e. The van der Waals surface area contributed by atoms with Crippen LogP contribution in [0.4, 0.5) is 11.4 Å². The van der Waals surface area contributed by atoms with E-state index in [1.54, 1.807) is 0 Å². The van der Waals surface area contributed by atoms with Crippen molar-refractivity contribution >= 4 is 22.5 Å². The summed E-state index contributed by atoms with van der Waals surface area (Å²) < 4.78 is 12.3. The summed E-state index contributed by atoms with van der Waals surface area (Å²) in [5, 5.41) is 3.46. The molecule has 0 atom stereocenters. The molecule has 1 aromatic heterocycles. The molecule has 3 aromatic carbocycles. The fraction of sp³-hybridized carbons (Fsp3) is 0.0952. The predicted octanol–water partition coefficient (Wildman–Crippen LogP) is 5.96. The Morgan fingerprint density at radius 1 is 0.880 bits per heavy atom. The zero-order valence-corrected chi connectivity index (χ0v) is 14.0. The molecule has 0 amide bonds. The van der Waals surface area contributed by atoms with E-state index in [0.717, 1.165) is 50.7 Å². The molecule has 4 aromatic rings. The summed E-state index contributed by atoms with van der Waals surface area (Å²) in [6.07, 6.45) is 0. The Morgan fingerprint density at radius 3 is 2.56 bits per heavy atom. The average Bonchev–Trinajstić information content (AvgIpc) is 3.06. The van der Waals surface area contributed by atoms with Crippen LogP contribution in [0.3, 0.4) is 0 Å². The third-order valence-electron chi connectivity index (χ3n) is 4.57. The summed E-state index contributed by atoms with van der Waals surface area (Å²) in [7, 11) is 0. The van der Waals surface area contributed by atoms with Crippen LogP contribution in [0.15, 0.2) is 59.0 Å². The van der Waals surface area contributed by atoms with E-state index < -0.39 is 0 Å². The van der Waals surface area contributed by atoms with E-state index in [9.17, 15) is 0 Å². The van der Waals surface area contributed by atoms with Crippen LogP contribution in [-0.2, 0) is 0 Å². The van der Waals surface area contributed by atoms with Crippen molar-refractivity contribution in [3.63, 3.8) is 0 Å². The van der Waals surface area contributed by atoms with Crippen molar-refractivity contribution in [1.29, 1.82) is 0 Å². The zero-order chi connectivity index (χ0) is 17.0. The molecule has 1 aliphatic rings. The Hall–Kier alpha value is -3.27. The molecule has 0 saturated carbocycles. The molecule has 0 spiro atoms. The minimum absolute atomic E-state index is 0.620. The minimum Gasteiger partial charge on any atom is -0.452 e. The van der Waals surface area contributed by atoms with E-state index in [-0.39, 0.29) is 0 Å². The zero-order valence-electron chi connectivity index (χ0n) is 14.0. The summed E-state index contributed by atoms with van der Waals surface area (Å²) in [5.74, 6) is 2.28. The van der Waals surface area contributed by atoms with Gasteiger partial charge in [0, 0.05) is 11.1 Å². The number of anilines is 2. The van der Waals surface area contributed by atoms with Crippen molar-refractivity contribution in [3.8, 4) is 23.0 Å². The lowest BCUT2D eigenvalue weighted by Crippen LogP contribution is -2.05. The second kappa shape index (κ2) is 5.11. The van der Waals surface area contributed by atoms with Crippen LogP contribution in [0.2, 0.25) is 0 Å². The number of ether oxygens (including phenoxy) is 1. The number of nitrogens with zero attached hydrogens (tertiary/aromatic N) is 1. The summed E-state index contributed by atoms with van der Waals surface area (Å²) in [4.78, 5) is 4.66. The van der Waals surface area contributed by atoms with Gasteiger partial charge in [-0.15, -0.1) is 0 Å². The lowest BCUT2D eigenvalue weighted by atomic mass is 10.1. The van der Waals surface area contributed by atoms with E-state index in [1.807, 2.05) is 68.4 Å². The molecule has 0 bridgehead atoms. The fourth-order valence-electron chi connectivity index (χ4n) is 3.27. The first-order chi connectivity index (χ1) is 12.2. The molecule has 4 nitrogen and oxygen atoms in total. The first-order valence-electron chi connectivity index (χ1n) is 8.25. The van der Waals surface area contributed by atoms with Crippen molar-refractivity contribution in [2.24, 2.45) is 0 Å². The highest BCUT2D eigenvalue weighted by atomic mass is 16.5. The maximum Gasteiger partial charge on any atom is 0.227 e. The largest absolute Gasteiger partial charge is 0.452 e. The Morgan fingerprint density at radius 2 is 1.72 bits per heavy atom. The molecular formula is C21H16N2O2. The van der Waals surface area contributed by atoms with Gasteiger partial charge in [0.1, 0.15) is 5.52 Å². The quantitative estimate of drug-likeness (QED) is 0.412. The van der Waals surface area contributed by atoms with Gasteiger partial charge in [0.2, 0.25) is 5.89 Å².